The van der Waals surface area contributed by atoms with E-state index in [0.717, 1.165) is 16.0 Å². The number of benzene rings is 1. The van der Waals surface area contributed by atoms with Crippen molar-refractivity contribution in [3.63, 3.8) is 0 Å². The number of aromatic nitrogens is 2. The summed E-state index contributed by atoms with van der Waals surface area (Å²) in [6.07, 6.45) is 5.34. The Kier molecular flexibility index (Phi) is 6.67. The second-order valence-electron chi connectivity index (χ2n) is 8.57. The minimum absolute atomic E-state index is 0.102. The summed E-state index contributed by atoms with van der Waals surface area (Å²) < 4.78 is 0. The summed E-state index contributed by atoms with van der Waals surface area (Å²) in [4.78, 5) is 50.6. The number of anilines is 2. The number of likely N-dealkylation sites (tertiary alicyclic amines) is 1. The molecular formula is C26H27N5O3. The average Bonchev–Trinajstić information content (AvgIpc) is 2.85. The summed E-state index contributed by atoms with van der Waals surface area (Å²) in [5, 5.41) is 0. The molecule has 1 aliphatic heterocycles. The van der Waals surface area contributed by atoms with Crippen molar-refractivity contribution in [2.75, 3.05) is 17.7 Å². The molecule has 0 saturated carbocycles. The van der Waals surface area contributed by atoms with Gasteiger partial charge in [-0.05, 0) is 53.8 Å². The van der Waals surface area contributed by atoms with Gasteiger partial charge in [-0.1, -0.05) is 31.2 Å². The van der Waals surface area contributed by atoms with Gasteiger partial charge in [0.1, 0.15) is 11.9 Å². The lowest BCUT2D eigenvalue weighted by molar-refractivity contribution is -0.170. The number of carbonyl (C=O) groups is 3. The summed E-state index contributed by atoms with van der Waals surface area (Å²) >= 11 is 0. The van der Waals surface area contributed by atoms with Crippen molar-refractivity contribution in [3.05, 3.63) is 84.3 Å². The zero-order valence-corrected chi connectivity index (χ0v) is 19.2. The molecule has 0 unspecified atom stereocenters. The highest BCUT2D eigenvalue weighted by molar-refractivity contribution is 6.12. The molecule has 0 spiro atoms. The van der Waals surface area contributed by atoms with Crippen LogP contribution in [0.1, 0.15) is 30.4 Å². The van der Waals surface area contributed by atoms with E-state index < -0.39 is 12.0 Å². The first kappa shape index (κ1) is 23.1. The molecule has 0 radical (unpaired) electrons. The summed E-state index contributed by atoms with van der Waals surface area (Å²) in [6, 6.07) is 15.4. The van der Waals surface area contributed by atoms with Crippen LogP contribution in [0, 0.1) is 5.92 Å². The van der Waals surface area contributed by atoms with E-state index in [4.69, 9.17) is 5.73 Å². The first-order valence-electron chi connectivity index (χ1n) is 11.2. The number of nitrogen functional groups attached to an aromatic ring is 1. The number of likely N-dealkylation sites (N-methyl/N-ethyl adjacent to an activating group) is 1. The molecule has 3 heterocycles. The van der Waals surface area contributed by atoms with Crippen molar-refractivity contribution in [2.45, 2.75) is 31.7 Å². The summed E-state index contributed by atoms with van der Waals surface area (Å²) in [5.74, 6) is -1.48. The fraction of sp³-hybridized carbons (Fsp3) is 0.269. The largest absolute Gasteiger partial charge is 0.384 e. The second kappa shape index (κ2) is 9.82. The molecule has 1 aromatic carbocycles. The molecular weight excluding hydrogens is 430 g/mol. The third-order valence-corrected chi connectivity index (χ3v) is 6.25. The highest BCUT2D eigenvalue weighted by Crippen LogP contribution is 2.34. The van der Waals surface area contributed by atoms with E-state index in [1.165, 1.54) is 4.90 Å². The number of rotatable bonds is 7. The van der Waals surface area contributed by atoms with Crippen molar-refractivity contribution in [2.24, 2.45) is 5.92 Å². The van der Waals surface area contributed by atoms with Crippen LogP contribution in [-0.2, 0) is 20.8 Å². The van der Waals surface area contributed by atoms with Crippen LogP contribution in [0.2, 0.25) is 0 Å². The van der Waals surface area contributed by atoms with Gasteiger partial charge in [-0.15, -0.1) is 0 Å². The van der Waals surface area contributed by atoms with Gasteiger partial charge in [0.25, 0.3) is 5.91 Å². The predicted octanol–water partition coefficient (Wildman–Crippen LogP) is 2.81. The van der Waals surface area contributed by atoms with E-state index in [-0.39, 0.29) is 30.1 Å². The van der Waals surface area contributed by atoms with Gasteiger partial charge in [0.05, 0.1) is 5.92 Å². The van der Waals surface area contributed by atoms with Crippen molar-refractivity contribution in [3.8, 4) is 0 Å². The Morgan fingerprint density at radius 2 is 1.88 bits per heavy atom. The maximum absolute atomic E-state index is 13.5. The number of imide groups is 1. The van der Waals surface area contributed by atoms with Gasteiger partial charge in [-0.3, -0.25) is 24.3 Å². The third kappa shape index (κ3) is 4.66. The molecule has 0 bridgehead atoms. The number of nitrogens with zero attached hydrogens (tertiary/aromatic N) is 4. The fourth-order valence-corrected chi connectivity index (χ4v) is 4.31. The lowest BCUT2D eigenvalue weighted by Gasteiger charge is -2.46. The van der Waals surface area contributed by atoms with Crippen LogP contribution in [0.3, 0.4) is 0 Å². The van der Waals surface area contributed by atoms with Gasteiger partial charge in [0, 0.05) is 37.7 Å². The first-order chi connectivity index (χ1) is 16.4. The average molecular weight is 458 g/mol. The van der Waals surface area contributed by atoms with E-state index in [1.807, 2.05) is 49.4 Å². The Balaban J connectivity index is 1.58. The Labute approximate surface area is 198 Å². The Morgan fingerprint density at radius 3 is 2.56 bits per heavy atom. The molecule has 1 aliphatic rings. The monoisotopic (exact) mass is 457 g/mol. The molecule has 1 fully saturated rings. The predicted molar refractivity (Wildman–Crippen MR) is 129 cm³/mol. The van der Waals surface area contributed by atoms with Gasteiger partial charge in [-0.25, -0.2) is 4.98 Å². The molecule has 3 aromatic rings. The van der Waals surface area contributed by atoms with E-state index in [1.54, 1.807) is 37.8 Å². The van der Waals surface area contributed by atoms with Crippen LogP contribution in [0.5, 0.6) is 0 Å². The molecule has 34 heavy (non-hydrogen) atoms. The number of pyridine rings is 2. The van der Waals surface area contributed by atoms with Crippen LogP contribution >= 0.6 is 0 Å². The number of para-hydroxylation sites is 1. The van der Waals surface area contributed by atoms with Crippen molar-refractivity contribution < 1.29 is 14.4 Å². The normalized spacial score (nSPS) is 18.2. The van der Waals surface area contributed by atoms with Crippen molar-refractivity contribution in [1.82, 2.24) is 14.9 Å². The molecule has 8 nitrogen and oxygen atoms in total. The summed E-state index contributed by atoms with van der Waals surface area (Å²) in [5.41, 5.74) is 8.17. The summed E-state index contributed by atoms with van der Waals surface area (Å²) in [7, 11) is 1.66. The highest BCUT2D eigenvalue weighted by atomic mass is 16.2. The van der Waals surface area contributed by atoms with Gasteiger partial charge in [-0.2, -0.15) is 0 Å². The quantitative estimate of drug-likeness (QED) is 0.547. The Bertz CT molecular complexity index is 1190. The van der Waals surface area contributed by atoms with E-state index in [2.05, 4.69) is 9.97 Å². The maximum Gasteiger partial charge on any atom is 0.250 e. The molecule has 2 N–H and O–H groups in total. The molecule has 0 aliphatic carbocycles. The third-order valence-electron chi connectivity index (χ3n) is 6.25. The lowest BCUT2D eigenvalue weighted by Crippen LogP contribution is -2.69. The standard InChI is InChI=1S/C26H27N5O3/c1-17(19-7-6-11-28-16-19)13-23(32)31-24(26(34)30(2)20-8-4-3-5-9-20)21(25(31)33)14-18-10-12-29-22(27)15-18/h3-12,15-17,21,24H,13-14H2,1-2H3,(H2,27,29)/t17-,21+,24-/m0/s1. The van der Waals surface area contributed by atoms with Crippen molar-refractivity contribution >= 4 is 29.2 Å². The van der Waals surface area contributed by atoms with Crippen LogP contribution in [0.25, 0.3) is 0 Å². The smallest absolute Gasteiger partial charge is 0.250 e. The fourth-order valence-electron chi connectivity index (χ4n) is 4.31. The lowest BCUT2D eigenvalue weighted by atomic mass is 9.80. The minimum Gasteiger partial charge on any atom is -0.384 e. The zero-order chi connectivity index (χ0) is 24.2. The molecule has 174 valence electrons. The van der Waals surface area contributed by atoms with E-state index in [9.17, 15) is 14.4 Å². The zero-order valence-electron chi connectivity index (χ0n) is 19.2. The number of hydrogen-bond donors (Lipinski definition) is 1. The molecule has 3 amide bonds. The first-order valence-corrected chi connectivity index (χ1v) is 11.2. The Hall–Kier alpha value is -4.07. The molecule has 4 rings (SSSR count). The van der Waals surface area contributed by atoms with Crippen LogP contribution in [0.15, 0.2) is 73.2 Å². The van der Waals surface area contributed by atoms with Gasteiger partial charge >= 0.3 is 0 Å². The highest BCUT2D eigenvalue weighted by Gasteiger charge is 2.54. The van der Waals surface area contributed by atoms with E-state index in [0.29, 0.717) is 17.9 Å². The number of carbonyl (C=O) groups excluding carboxylic acids is 3. The topological polar surface area (TPSA) is 109 Å². The van der Waals surface area contributed by atoms with Gasteiger partial charge < -0.3 is 10.6 Å². The van der Waals surface area contributed by atoms with Gasteiger partial charge in [0.15, 0.2) is 0 Å². The van der Waals surface area contributed by atoms with E-state index >= 15 is 0 Å². The molecule has 3 atom stereocenters. The number of β-lactam (4-membered cyclic amide) rings is 1. The van der Waals surface area contributed by atoms with Crippen LogP contribution < -0.4 is 10.6 Å². The second-order valence-corrected chi connectivity index (χ2v) is 8.57. The minimum atomic E-state index is -0.888. The summed E-state index contributed by atoms with van der Waals surface area (Å²) in [6.45, 7) is 1.91. The number of hydrogen-bond acceptors (Lipinski definition) is 6. The number of nitrogens with two attached hydrogens (primary N) is 1. The van der Waals surface area contributed by atoms with Crippen molar-refractivity contribution in [1.29, 1.82) is 0 Å². The molecule has 1 saturated heterocycles. The maximum atomic E-state index is 13.5. The SMILES string of the molecule is C[C@@H](CC(=O)N1C(=O)[C@H](Cc2ccnc(N)c2)[C@H]1C(=O)N(C)c1ccccc1)c1cccnc1. The molecule has 8 heteroatoms. The Morgan fingerprint density at radius 1 is 1.12 bits per heavy atom. The molecule has 2 aromatic heterocycles. The van der Waals surface area contributed by atoms with Crippen LogP contribution in [0.4, 0.5) is 11.5 Å². The van der Waals surface area contributed by atoms with Gasteiger partial charge in [0.2, 0.25) is 11.8 Å². The number of amides is 3. The van der Waals surface area contributed by atoms with Crippen LogP contribution in [-0.4, -0.2) is 45.7 Å².